The number of thioether (sulfide) groups is 1. The summed E-state index contributed by atoms with van der Waals surface area (Å²) in [4.78, 5) is 36.5. The van der Waals surface area contributed by atoms with Crippen molar-refractivity contribution >= 4 is 40.3 Å². The number of carbonyl (C=O) groups excluding carboxylic acids is 2. The molecule has 8 heteroatoms. The van der Waals surface area contributed by atoms with Gasteiger partial charge in [-0.15, -0.1) is 0 Å². The Morgan fingerprint density at radius 2 is 1.87 bits per heavy atom. The number of amides is 2. The third-order valence-corrected chi connectivity index (χ3v) is 5.90. The van der Waals surface area contributed by atoms with E-state index in [1.807, 2.05) is 54.6 Å². The molecule has 3 aromatic rings. The lowest BCUT2D eigenvalue weighted by Gasteiger charge is -2.25. The van der Waals surface area contributed by atoms with Gasteiger partial charge in [0.2, 0.25) is 5.91 Å². The minimum absolute atomic E-state index is 0.120. The molecule has 0 radical (unpaired) electrons. The Balaban J connectivity index is 1.38. The Morgan fingerprint density at radius 1 is 1.06 bits per heavy atom. The van der Waals surface area contributed by atoms with E-state index >= 15 is 0 Å². The average Bonchev–Trinajstić information content (AvgIpc) is 3.45. The number of amidine groups is 2. The Kier molecular flexibility index (Phi) is 5.13. The molecule has 1 aromatic heterocycles. The summed E-state index contributed by atoms with van der Waals surface area (Å²) >= 11 is 1.22. The predicted molar refractivity (Wildman–Crippen MR) is 119 cm³/mol. The number of rotatable bonds is 5. The Morgan fingerprint density at radius 3 is 2.68 bits per heavy atom. The molecule has 0 aliphatic carbocycles. The number of nitrogens with one attached hydrogen (secondary N) is 1. The quantitative estimate of drug-likeness (QED) is 0.669. The van der Waals surface area contributed by atoms with Gasteiger partial charge < -0.3 is 9.73 Å². The van der Waals surface area contributed by atoms with E-state index in [4.69, 9.17) is 9.41 Å². The maximum absolute atomic E-state index is 13.3. The zero-order valence-electron chi connectivity index (χ0n) is 16.4. The van der Waals surface area contributed by atoms with Crippen LogP contribution in [0, 0.1) is 0 Å². The van der Waals surface area contributed by atoms with Crippen LogP contribution in [0.2, 0.25) is 0 Å². The normalized spacial score (nSPS) is 17.0. The van der Waals surface area contributed by atoms with Crippen LogP contribution in [0.1, 0.15) is 22.9 Å². The molecule has 2 aliphatic heterocycles. The monoisotopic (exact) mass is 430 g/mol. The van der Waals surface area contributed by atoms with Gasteiger partial charge in [0.25, 0.3) is 5.91 Å². The summed E-state index contributed by atoms with van der Waals surface area (Å²) in [7, 11) is 0. The van der Waals surface area contributed by atoms with E-state index in [1.54, 1.807) is 18.4 Å². The van der Waals surface area contributed by atoms with Crippen LogP contribution in [0.5, 0.6) is 0 Å². The fourth-order valence-electron chi connectivity index (χ4n) is 3.48. The SMILES string of the molecule is O=C(CSC1=Nc2ccccc2C2=NC(c3ccccc3)C(=O)N12)NCc1ccco1. The summed E-state index contributed by atoms with van der Waals surface area (Å²) in [6.07, 6.45) is 1.56. The molecule has 1 N–H and O–H groups in total. The third kappa shape index (κ3) is 3.77. The summed E-state index contributed by atoms with van der Waals surface area (Å²) in [5.74, 6) is 1.03. The number of benzene rings is 2. The van der Waals surface area contributed by atoms with Gasteiger partial charge in [0.05, 0.1) is 24.2 Å². The van der Waals surface area contributed by atoms with Crippen LogP contribution in [-0.2, 0) is 16.1 Å². The lowest BCUT2D eigenvalue weighted by atomic mass is 10.1. The molecule has 7 nitrogen and oxygen atoms in total. The van der Waals surface area contributed by atoms with Crippen LogP contribution in [0.25, 0.3) is 0 Å². The number of nitrogens with zero attached hydrogens (tertiary/aromatic N) is 3. The minimum Gasteiger partial charge on any atom is -0.467 e. The maximum atomic E-state index is 13.3. The molecule has 0 saturated carbocycles. The second-order valence-electron chi connectivity index (χ2n) is 7.00. The zero-order chi connectivity index (χ0) is 21.2. The van der Waals surface area contributed by atoms with Crippen LogP contribution in [0.3, 0.4) is 0 Å². The molecule has 0 bridgehead atoms. The molecule has 2 aromatic carbocycles. The Labute approximate surface area is 182 Å². The van der Waals surface area contributed by atoms with Gasteiger partial charge >= 0.3 is 0 Å². The second kappa shape index (κ2) is 8.23. The van der Waals surface area contributed by atoms with E-state index in [0.717, 1.165) is 16.8 Å². The van der Waals surface area contributed by atoms with E-state index in [2.05, 4.69) is 10.3 Å². The minimum atomic E-state index is -0.624. The second-order valence-corrected chi connectivity index (χ2v) is 7.94. The average molecular weight is 430 g/mol. The summed E-state index contributed by atoms with van der Waals surface area (Å²) in [6.45, 7) is 0.313. The summed E-state index contributed by atoms with van der Waals surface area (Å²) < 4.78 is 5.23. The first-order valence-electron chi connectivity index (χ1n) is 9.77. The molecule has 0 fully saturated rings. The molecular formula is C23H18N4O3S. The molecule has 0 spiro atoms. The first-order chi connectivity index (χ1) is 15.2. The van der Waals surface area contributed by atoms with E-state index in [0.29, 0.717) is 23.3 Å². The number of aliphatic imine (C=N–C) groups is 2. The van der Waals surface area contributed by atoms with Crippen LogP contribution in [0.15, 0.2) is 87.4 Å². The van der Waals surface area contributed by atoms with Gasteiger partial charge in [-0.2, -0.15) is 0 Å². The van der Waals surface area contributed by atoms with Gasteiger partial charge in [0.1, 0.15) is 11.6 Å². The molecule has 0 saturated heterocycles. The molecule has 1 unspecified atom stereocenters. The maximum Gasteiger partial charge on any atom is 0.263 e. The predicted octanol–water partition coefficient (Wildman–Crippen LogP) is 3.66. The summed E-state index contributed by atoms with van der Waals surface area (Å²) in [5, 5.41) is 3.26. The molecule has 2 aliphatic rings. The largest absolute Gasteiger partial charge is 0.467 e. The van der Waals surface area contributed by atoms with Gasteiger partial charge in [-0.3, -0.25) is 9.59 Å². The molecule has 2 amide bonds. The highest BCUT2D eigenvalue weighted by Gasteiger charge is 2.42. The first-order valence-corrected chi connectivity index (χ1v) is 10.8. The van der Waals surface area contributed by atoms with Crippen molar-refractivity contribution in [3.8, 4) is 0 Å². The smallest absolute Gasteiger partial charge is 0.263 e. The van der Waals surface area contributed by atoms with Gasteiger partial charge in [-0.05, 0) is 29.8 Å². The zero-order valence-corrected chi connectivity index (χ0v) is 17.2. The molecule has 5 rings (SSSR count). The molecule has 154 valence electrons. The van der Waals surface area contributed by atoms with Gasteiger partial charge in [-0.1, -0.05) is 54.2 Å². The first kappa shape index (κ1) is 19.3. The van der Waals surface area contributed by atoms with Crippen molar-refractivity contribution < 1.29 is 14.0 Å². The highest BCUT2D eigenvalue weighted by Crippen LogP contribution is 2.37. The number of para-hydroxylation sites is 1. The van der Waals surface area contributed by atoms with Crippen LogP contribution < -0.4 is 5.32 Å². The lowest BCUT2D eigenvalue weighted by Crippen LogP contribution is -2.40. The van der Waals surface area contributed by atoms with Crippen LogP contribution in [-0.4, -0.2) is 33.5 Å². The highest BCUT2D eigenvalue weighted by molar-refractivity contribution is 8.14. The van der Waals surface area contributed by atoms with Crippen molar-refractivity contribution in [1.82, 2.24) is 10.2 Å². The van der Waals surface area contributed by atoms with E-state index in [1.165, 1.54) is 16.7 Å². The highest BCUT2D eigenvalue weighted by atomic mass is 32.2. The van der Waals surface area contributed by atoms with E-state index in [-0.39, 0.29) is 17.6 Å². The third-order valence-electron chi connectivity index (χ3n) is 4.96. The number of fused-ring (bicyclic) bond motifs is 3. The fourth-order valence-corrected chi connectivity index (χ4v) is 4.31. The van der Waals surface area contributed by atoms with Gasteiger partial charge in [0, 0.05) is 5.56 Å². The molecule has 1 atom stereocenters. The lowest BCUT2D eigenvalue weighted by molar-refractivity contribution is -0.124. The van der Waals surface area contributed by atoms with Crippen molar-refractivity contribution in [1.29, 1.82) is 0 Å². The Hall–Kier alpha value is -3.65. The van der Waals surface area contributed by atoms with Crippen molar-refractivity contribution in [3.63, 3.8) is 0 Å². The number of carbonyl (C=O) groups is 2. The van der Waals surface area contributed by atoms with Crippen molar-refractivity contribution in [2.24, 2.45) is 9.98 Å². The van der Waals surface area contributed by atoms with E-state index in [9.17, 15) is 9.59 Å². The number of hydrogen-bond acceptors (Lipinski definition) is 6. The molecular weight excluding hydrogens is 412 g/mol. The van der Waals surface area contributed by atoms with Crippen molar-refractivity contribution in [3.05, 3.63) is 89.9 Å². The topological polar surface area (TPSA) is 87.3 Å². The number of hydrogen-bond donors (Lipinski definition) is 1. The standard InChI is InChI=1S/C23H18N4O3S/c28-19(24-13-16-9-6-12-30-16)14-31-23-25-18-11-5-4-10-17(18)21-26-20(22(29)27(21)23)15-7-2-1-3-8-15/h1-12,20H,13-14H2,(H,24,28). The van der Waals surface area contributed by atoms with Crippen molar-refractivity contribution in [2.45, 2.75) is 12.6 Å². The van der Waals surface area contributed by atoms with Crippen LogP contribution in [0.4, 0.5) is 5.69 Å². The van der Waals surface area contributed by atoms with Gasteiger partial charge in [0.15, 0.2) is 11.2 Å². The summed E-state index contributed by atoms with van der Waals surface area (Å²) in [6, 6.07) is 20.0. The molecule has 31 heavy (non-hydrogen) atoms. The fraction of sp³-hybridized carbons (Fsp3) is 0.130. The number of furan rings is 1. The van der Waals surface area contributed by atoms with Gasteiger partial charge in [-0.25, -0.2) is 14.9 Å². The van der Waals surface area contributed by atoms with Crippen LogP contribution >= 0.6 is 11.8 Å². The Bertz CT molecular complexity index is 1190. The molecule has 3 heterocycles. The van der Waals surface area contributed by atoms with E-state index < -0.39 is 6.04 Å². The summed E-state index contributed by atoms with van der Waals surface area (Å²) in [5.41, 5.74) is 2.37. The van der Waals surface area contributed by atoms with Crippen molar-refractivity contribution in [2.75, 3.05) is 5.75 Å².